The molecule has 5 rings (SSSR count). The third kappa shape index (κ3) is 4.43. The van der Waals surface area contributed by atoms with Gasteiger partial charge in [0, 0.05) is 42.3 Å². The van der Waals surface area contributed by atoms with Crippen molar-refractivity contribution in [1.29, 1.82) is 0 Å². The molecule has 3 heterocycles. The van der Waals surface area contributed by atoms with E-state index in [2.05, 4.69) is 87.0 Å². The summed E-state index contributed by atoms with van der Waals surface area (Å²) in [6.45, 7) is 8.76. The van der Waals surface area contributed by atoms with Gasteiger partial charge in [0.05, 0.1) is 13.7 Å². The van der Waals surface area contributed by atoms with Crippen molar-refractivity contribution >= 4 is 17.0 Å². The largest absolute Gasteiger partial charge is 0.496 e. The van der Waals surface area contributed by atoms with Crippen molar-refractivity contribution < 1.29 is 4.74 Å². The number of rotatable bonds is 7. The maximum atomic E-state index is 5.77. The topological polar surface area (TPSA) is 59.3 Å². The molecule has 1 atom stereocenters. The monoisotopic (exact) mass is 474 g/mol. The molecule has 0 bridgehead atoms. The van der Waals surface area contributed by atoms with Gasteiger partial charge in [0.2, 0.25) is 0 Å². The predicted octanol–water partition coefficient (Wildman–Crippen LogP) is 4.32. The highest BCUT2D eigenvalue weighted by Crippen LogP contribution is 2.35. The molecule has 0 unspecified atom stereocenters. The van der Waals surface area contributed by atoms with Gasteiger partial charge in [-0.2, -0.15) is 0 Å². The van der Waals surface area contributed by atoms with Crippen molar-refractivity contribution in [2.45, 2.75) is 26.4 Å². The van der Waals surface area contributed by atoms with Crippen molar-refractivity contribution in [2.24, 2.45) is 0 Å². The maximum Gasteiger partial charge on any atom is 0.173 e. The Bertz CT molecular complexity index is 1230. The minimum absolute atomic E-state index is 0.0909. The minimum Gasteiger partial charge on any atom is -0.496 e. The van der Waals surface area contributed by atoms with E-state index < -0.39 is 0 Å². The number of anilines is 1. The molecule has 34 heavy (non-hydrogen) atoms. The quantitative estimate of drug-likeness (QED) is 0.398. The predicted molar refractivity (Wildman–Crippen MR) is 136 cm³/mol. The number of ether oxygens (including phenoxy) is 1. The third-order valence-electron chi connectivity index (χ3n) is 6.72. The van der Waals surface area contributed by atoms with Crippen LogP contribution in [0.15, 0.2) is 60.0 Å². The molecular formula is C26H30N6OS. The van der Waals surface area contributed by atoms with Gasteiger partial charge >= 0.3 is 0 Å². The fraction of sp³-hybridized carbons (Fsp3) is 0.346. The zero-order valence-corrected chi connectivity index (χ0v) is 20.7. The Kier molecular flexibility index (Phi) is 6.60. The number of benzene rings is 2. The van der Waals surface area contributed by atoms with Crippen LogP contribution in [0.1, 0.15) is 33.4 Å². The van der Waals surface area contributed by atoms with E-state index in [0.29, 0.717) is 6.54 Å². The number of thiophene rings is 1. The van der Waals surface area contributed by atoms with E-state index in [9.17, 15) is 0 Å². The number of tetrazole rings is 1. The Morgan fingerprint density at radius 2 is 1.79 bits per heavy atom. The maximum absolute atomic E-state index is 5.77. The molecule has 7 nitrogen and oxygen atoms in total. The lowest BCUT2D eigenvalue weighted by atomic mass is 10.0. The van der Waals surface area contributed by atoms with Crippen LogP contribution < -0.4 is 9.64 Å². The van der Waals surface area contributed by atoms with Gasteiger partial charge in [0.1, 0.15) is 11.8 Å². The summed E-state index contributed by atoms with van der Waals surface area (Å²) in [6, 6.07) is 18.9. The van der Waals surface area contributed by atoms with Gasteiger partial charge in [-0.05, 0) is 59.0 Å². The number of methoxy groups -OCH3 is 1. The molecule has 0 saturated carbocycles. The van der Waals surface area contributed by atoms with Crippen molar-refractivity contribution in [2.75, 3.05) is 38.2 Å². The molecule has 4 aromatic rings. The van der Waals surface area contributed by atoms with E-state index in [1.165, 1.54) is 21.7 Å². The van der Waals surface area contributed by atoms with E-state index >= 15 is 0 Å². The van der Waals surface area contributed by atoms with Crippen LogP contribution in [0.4, 0.5) is 5.69 Å². The van der Waals surface area contributed by atoms with Gasteiger partial charge in [0.25, 0.3) is 0 Å². The van der Waals surface area contributed by atoms with E-state index in [-0.39, 0.29) is 6.04 Å². The molecule has 176 valence electrons. The molecule has 0 spiro atoms. The first kappa shape index (κ1) is 22.6. The fourth-order valence-electron chi connectivity index (χ4n) is 4.76. The van der Waals surface area contributed by atoms with E-state index in [1.807, 2.05) is 16.8 Å². The molecule has 2 aromatic carbocycles. The second-order valence-electron chi connectivity index (χ2n) is 8.66. The standard InChI is InChI=1S/C26H30N6OS/c1-19-8-6-11-23(20(19)2)30-13-15-31(16-14-30)25(22-10-4-5-12-24(22)33-3)26-27-28-29-32(26)18-21-9-7-17-34-21/h4-12,17,25H,13-16,18H2,1-3H3/t25-/m0/s1. The molecule has 0 amide bonds. The Morgan fingerprint density at radius 3 is 2.56 bits per heavy atom. The number of hydrogen-bond acceptors (Lipinski definition) is 7. The minimum atomic E-state index is -0.0909. The zero-order valence-electron chi connectivity index (χ0n) is 19.9. The van der Waals surface area contributed by atoms with Gasteiger partial charge in [0.15, 0.2) is 5.82 Å². The number of hydrogen-bond donors (Lipinski definition) is 0. The molecule has 0 aliphatic carbocycles. The lowest BCUT2D eigenvalue weighted by Gasteiger charge is -2.40. The van der Waals surface area contributed by atoms with Crippen molar-refractivity contribution in [3.8, 4) is 5.75 Å². The number of para-hydroxylation sites is 1. The van der Waals surface area contributed by atoms with Crippen LogP contribution in [-0.2, 0) is 6.54 Å². The summed E-state index contributed by atoms with van der Waals surface area (Å²) < 4.78 is 7.70. The highest BCUT2D eigenvalue weighted by atomic mass is 32.1. The fourth-order valence-corrected chi connectivity index (χ4v) is 5.45. The summed E-state index contributed by atoms with van der Waals surface area (Å²) in [5, 5.41) is 15.0. The Labute approximate surface area is 204 Å². The average molecular weight is 475 g/mol. The summed E-state index contributed by atoms with van der Waals surface area (Å²) in [5.74, 6) is 1.70. The van der Waals surface area contributed by atoms with Crippen LogP contribution >= 0.6 is 11.3 Å². The second-order valence-corrected chi connectivity index (χ2v) is 9.69. The van der Waals surface area contributed by atoms with Crippen molar-refractivity contribution in [3.05, 3.63) is 87.4 Å². The molecule has 1 fully saturated rings. The van der Waals surface area contributed by atoms with Crippen LogP contribution in [0.3, 0.4) is 0 Å². The summed E-state index contributed by atoms with van der Waals surface area (Å²) in [5.41, 5.74) is 5.11. The molecule has 1 aliphatic heterocycles. The van der Waals surface area contributed by atoms with E-state index in [4.69, 9.17) is 4.74 Å². The first-order valence-corrected chi connectivity index (χ1v) is 12.5. The molecule has 8 heteroatoms. The van der Waals surface area contributed by atoms with Crippen LogP contribution in [0.5, 0.6) is 5.75 Å². The number of aromatic nitrogens is 4. The van der Waals surface area contributed by atoms with Gasteiger partial charge < -0.3 is 9.64 Å². The van der Waals surface area contributed by atoms with Gasteiger partial charge in [-0.15, -0.1) is 16.4 Å². The zero-order chi connectivity index (χ0) is 23.5. The van der Waals surface area contributed by atoms with Gasteiger partial charge in [-0.1, -0.05) is 36.4 Å². The SMILES string of the molecule is COc1ccccc1[C@@H](c1nnnn1Cc1cccs1)N1CCN(c2cccc(C)c2C)CC1. The highest BCUT2D eigenvalue weighted by molar-refractivity contribution is 7.09. The second kappa shape index (κ2) is 9.95. The molecule has 1 saturated heterocycles. The summed E-state index contributed by atoms with van der Waals surface area (Å²) in [6.07, 6.45) is 0. The van der Waals surface area contributed by atoms with E-state index in [0.717, 1.165) is 43.3 Å². The van der Waals surface area contributed by atoms with Crippen LogP contribution in [0, 0.1) is 13.8 Å². The molecular weight excluding hydrogens is 444 g/mol. The Balaban J connectivity index is 1.46. The Morgan fingerprint density at radius 1 is 0.971 bits per heavy atom. The van der Waals surface area contributed by atoms with Gasteiger partial charge in [-0.3, -0.25) is 4.90 Å². The average Bonchev–Trinajstić information content (AvgIpc) is 3.55. The van der Waals surface area contributed by atoms with E-state index in [1.54, 1.807) is 18.4 Å². The van der Waals surface area contributed by atoms with Crippen LogP contribution in [-0.4, -0.2) is 58.4 Å². The summed E-state index contributed by atoms with van der Waals surface area (Å²) >= 11 is 1.72. The highest BCUT2D eigenvalue weighted by Gasteiger charge is 2.32. The summed E-state index contributed by atoms with van der Waals surface area (Å²) in [4.78, 5) is 6.20. The number of nitrogens with zero attached hydrogens (tertiary/aromatic N) is 6. The number of aryl methyl sites for hydroxylation is 1. The van der Waals surface area contributed by atoms with Crippen molar-refractivity contribution in [1.82, 2.24) is 25.1 Å². The third-order valence-corrected chi connectivity index (χ3v) is 7.58. The van der Waals surface area contributed by atoms with Crippen LogP contribution in [0.25, 0.3) is 0 Å². The first-order chi connectivity index (χ1) is 16.7. The van der Waals surface area contributed by atoms with Crippen LogP contribution in [0.2, 0.25) is 0 Å². The molecule has 2 aromatic heterocycles. The molecule has 0 radical (unpaired) electrons. The lowest BCUT2D eigenvalue weighted by Crippen LogP contribution is -2.48. The molecule has 1 aliphatic rings. The summed E-state index contributed by atoms with van der Waals surface area (Å²) in [7, 11) is 1.73. The normalized spacial score (nSPS) is 15.4. The van der Waals surface area contributed by atoms with Crippen molar-refractivity contribution in [3.63, 3.8) is 0 Å². The first-order valence-electron chi connectivity index (χ1n) is 11.6. The van der Waals surface area contributed by atoms with Gasteiger partial charge in [-0.25, -0.2) is 4.68 Å². The lowest BCUT2D eigenvalue weighted by molar-refractivity contribution is 0.198. The smallest absolute Gasteiger partial charge is 0.173 e. The molecule has 0 N–H and O–H groups in total. The number of piperazine rings is 1. The Hall–Kier alpha value is -3.23.